The molecule has 0 bridgehead atoms. The molecule has 0 rings (SSSR count). The van der Waals surface area contributed by atoms with Crippen molar-refractivity contribution in [2.75, 3.05) is 0 Å². The van der Waals surface area contributed by atoms with E-state index in [2.05, 4.69) is 9.31 Å². The van der Waals surface area contributed by atoms with Crippen LogP contribution in [0.25, 0.3) is 0 Å². The van der Waals surface area contributed by atoms with E-state index in [9.17, 15) is 24.9 Å². The van der Waals surface area contributed by atoms with E-state index in [1.807, 2.05) is 0 Å². The van der Waals surface area contributed by atoms with Crippen molar-refractivity contribution >= 4 is 20.8 Å². The topological polar surface area (TPSA) is 128 Å². The first-order chi connectivity index (χ1) is 4.52. The summed E-state index contributed by atoms with van der Waals surface area (Å²) in [4.78, 5) is 9.82. The van der Waals surface area contributed by atoms with Crippen molar-refractivity contribution in [1.82, 2.24) is 0 Å². The van der Waals surface area contributed by atoms with Gasteiger partial charge in [-0.2, -0.15) is 0 Å². The fourth-order valence-electron chi connectivity index (χ4n) is 0.185. The van der Waals surface area contributed by atoms with E-state index < -0.39 is 20.8 Å². The van der Waals surface area contributed by atoms with Crippen LogP contribution in [0.1, 0.15) is 0 Å². The van der Waals surface area contributed by atoms with Gasteiger partial charge in [0.25, 0.3) is 0 Å². The third-order valence-electron chi connectivity index (χ3n) is 0.385. The van der Waals surface area contributed by atoms with Crippen molar-refractivity contribution in [2.24, 2.45) is 0 Å². The molecule has 0 unspecified atom stereocenters. The third kappa shape index (κ3) is 26.4. The molecule has 14 heavy (non-hydrogen) atoms. The maximum atomic E-state index is 9.82. The van der Waals surface area contributed by atoms with Crippen molar-refractivity contribution in [3.8, 4) is 0 Å². The van der Waals surface area contributed by atoms with Crippen LogP contribution in [0.5, 0.6) is 0 Å². The van der Waals surface area contributed by atoms with Gasteiger partial charge in [0.1, 0.15) is 14.6 Å². The van der Waals surface area contributed by atoms with Crippen molar-refractivity contribution in [2.45, 2.75) is 0 Å². The smallest absolute Gasteiger partial charge is 0.860 e. The van der Waals surface area contributed by atoms with Crippen LogP contribution in [-0.4, -0.2) is 20.8 Å². The summed E-state index contributed by atoms with van der Waals surface area (Å²) in [6, 6.07) is 0. The molecule has 7 nitrogen and oxygen atoms in total. The minimum atomic E-state index is -2.88. The van der Waals surface area contributed by atoms with Crippen LogP contribution in [0.15, 0.2) is 0 Å². The molecule has 0 aromatic rings. The maximum Gasteiger partial charge on any atom is 1.00 e. The minimum absolute atomic E-state index is 0. The van der Waals surface area contributed by atoms with Crippen LogP contribution < -0.4 is 226 Å². The van der Waals surface area contributed by atoms with Crippen molar-refractivity contribution < 1.29 is 240 Å². The molecule has 0 spiro atoms. The molecule has 0 heterocycles. The second-order valence-electron chi connectivity index (χ2n) is 1.06. The van der Waals surface area contributed by atoms with Gasteiger partial charge in [0, 0.05) is 0 Å². The second kappa shape index (κ2) is 21.1. The van der Waals surface area contributed by atoms with Crippen LogP contribution in [0.4, 0.5) is 4.79 Å². The summed E-state index contributed by atoms with van der Waals surface area (Å²) < 4.78 is 6.38. The molecule has 0 aromatic heterocycles. The molecule has 56 valence electrons. The van der Waals surface area contributed by atoms with E-state index in [1.54, 1.807) is 0 Å². The van der Waals surface area contributed by atoms with E-state index in [4.69, 9.17) is 0 Å². The summed E-state index contributed by atoms with van der Waals surface area (Å²) in [6.45, 7) is 0. The Kier molecular flexibility index (Phi) is 48.1. The summed E-state index contributed by atoms with van der Waals surface area (Å²) in [5, 5.41) is 37.7. The van der Waals surface area contributed by atoms with Crippen molar-refractivity contribution in [3.63, 3.8) is 0 Å². The fourth-order valence-corrected chi connectivity index (χ4v) is 0.185. The first kappa shape index (κ1) is 31.9. The Bertz CT molecular complexity index is 110. The maximum absolute atomic E-state index is 9.82. The normalized spacial score (nSPS) is 6.00. The Morgan fingerprint density at radius 1 is 0.786 bits per heavy atom. The van der Waals surface area contributed by atoms with Gasteiger partial charge in [-0.1, -0.05) is 0 Å². The van der Waals surface area contributed by atoms with E-state index in [0.717, 1.165) is 0 Å². The first-order valence-electron chi connectivity index (χ1n) is 2.03. The SMILES string of the molecule is O=C(OB([O-])[O-])OB([O-])[O-].[K+].[K+].[K+].[K+]. The molecule has 0 saturated carbocycles. The molecule has 0 amide bonds. The van der Waals surface area contributed by atoms with Crippen LogP contribution in [0.2, 0.25) is 0 Å². The number of rotatable bonds is 2. The van der Waals surface area contributed by atoms with E-state index in [-0.39, 0.29) is 206 Å². The van der Waals surface area contributed by atoms with Crippen molar-refractivity contribution in [3.05, 3.63) is 0 Å². The van der Waals surface area contributed by atoms with Gasteiger partial charge in [-0.25, -0.2) is 4.79 Å². The Labute approximate surface area is 252 Å². The zero-order chi connectivity index (χ0) is 8.15. The standard InChI is InChI=1S/CB2O7.4K/c4-1(9-2(5)6)10-3(7)8;;;;/q-4;4*+1. The summed E-state index contributed by atoms with van der Waals surface area (Å²) in [5.41, 5.74) is 0. The quantitative estimate of drug-likeness (QED) is 0.463. The van der Waals surface area contributed by atoms with Gasteiger partial charge in [0.05, 0.1) is 0 Å². The van der Waals surface area contributed by atoms with E-state index in [0.29, 0.717) is 0 Å². The molecule has 0 radical (unpaired) electrons. The zero-order valence-electron chi connectivity index (χ0n) is 8.51. The van der Waals surface area contributed by atoms with Crippen LogP contribution in [0.3, 0.4) is 0 Å². The zero-order valence-corrected chi connectivity index (χ0v) is 21.0. The van der Waals surface area contributed by atoms with Gasteiger partial charge < -0.3 is 29.4 Å². The van der Waals surface area contributed by atoms with Gasteiger partial charge >= 0.3 is 212 Å². The molecule has 0 saturated heterocycles. The number of carbonyl (C=O) groups excluding carboxylic acids is 1. The van der Waals surface area contributed by atoms with Gasteiger partial charge in [-0.05, 0) is 0 Å². The van der Waals surface area contributed by atoms with Gasteiger partial charge in [-0.15, -0.1) is 0 Å². The number of carbonyl (C=O) groups is 1. The largest absolute Gasteiger partial charge is 1.00 e. The molecule has 0 aliphatic carbocycles. The average molecular weight is 302 g/mol. The summed E-state index contributed by atoms with van der Waals surface area (Å²) in [5.74, 6) is 0. The molecule has 0 aromatic carbocycles. The number of hydrogen-bond donors (Lipinski definition) is 0. The van der Waals surface area contributed by atoms with Gasteiger partial charge in [-0.3, -0.25) is 0 Å². The third-order valence-corrected chi connectivity index (χ3v) is 0.385. The van der Waals surface area contributed by atoms with Gasteiger partial charge in [0.2, 0.25) is 0 Å². The van der Waals surface area contributed by atoms with Crippen molar-refractivity contribution in [1.29, 1.82) is 0 Å². The molecular formula is CB2K4O7. The Hall–Kier alpha value is 5.79. The molecular weight excluding hydrogens is 302 g/mol. The predicted molar refractivity (Wildman–Crippen MR) is 19.1 cm³/mol. The first-order valence-corrected chi connectivity index (χ1v) is 2.03. The molecule has 0 aliphatic rings. The summed E-state index contributed by atoms with van der Waals surface area (Å²) in [6.07, 6.45) is -1.84. The van der Waals surface area contributed by atoms with Gasteiger partial charge in [0.15, 0.2) is 0 Å². The summed E-state index contributed by atoms with van der Waals surface area (Å²) in [7, 11) is -5.77. The van der Waals surface area contributed by atoms with E-state index in [1.165, 1.54) is 0 Å². The Morgan fingerprint density at radius 3 is 1.14 bits per heavy atom. The molecule has 0 aliphatic heterocycles. The Morgan fingerprint density at radius 2 is 1.00 bits per heavy atom. The van der Waals surface area contributed by atoms with Crippen LogP contribution in [0, 0.1) is 0 Å². The second-order valence-corrected chi connectivity index (χ2v) is 1.06. The molecule has 0 fully saturated rings. The fraction of sp³-hybridized carbons (Fsp3) is 0. The monoisotopic (exact) mass is 302 g/mol. The molecule has 13 heteroatoms. The number of hydrogen-bond acceptors (Lipinski definition) is 7. The average Bonchev–Trinajstić information content (AvgIpc) is 1.58. The summed E-state index contributed by atoms with van der Waals surface area (Å²) >= 11 is 0. The minimum Gasteiger partial charge on any atom is -0.860 e. The molecule has 0 N–H and O–H groups in total. The predicted octanol–water partition coefficient (Wildman–Crippen LogP) is -17.4. The Balaban J connectivity index is -0.0000000675. The van der Waals surface area contributed by atoms with Crippen LogP contribution in [-0.2, 0) is 9.31 Å². The van der Waals surface area contributed by atoms with E-state index >= 15 is 0 Å². The van der Waals surface area contributed by atoms with Crippen LogP contribution >= 0.6 is 0 Å². The molecule has 0 atom stereocenters.